The Kier molecular flexibility index (Phi) is 5.25. The molecule has 6 nitrogen and oxygen atoms in total. The smallest absolute Gasteiger partial charge is 0.205 e. The molecule has 0 bridgehead atoms. The molecule has 6 heteroatoms. The number of benzene rings is 1. The van der Waals surface area contributed by atoms with Crippen molar-refractivity contribution in [1.29, 1.82) is 0 Å². The van der Waals surface area contributed by atoms with Crippen LogP contribution in [0.3, 0.4) is 0 Å². The van der Waals surface area contributed by atoms with Crippen LogP contribution in [0.25, 0.3) is 11.4 Å². The summed E-state index contributed by atoms with van der Waals surface area (Å²) in [6, 6.07) is 10.6. The Morgan fingerprint density at radius 1 is 1.07 bits per heavy atom. The number of pyridine rings is 1. The van der Waals surface area contributed by atoms with E-state index in [9.17, 15) is 0 Å². The first-order valence-electron chi connectivity index (χ1n) is 9.64. The van der Waals surface area contributed by atoms with Crippen molar-refractivity contribution in [3.8, 4) is 11.4 Å². The summed E-state index contributed by atoms with van der Waals surface area (Å²) in [6.07, 6.45) is 5.95. The monoisotopic (exact) mass is 362 g/mol. The van der Waals surface area contributed by atoms with E-state index in [1.54, 1.807) is 17.2 Å². The second-order valence-corrected chi connectivity index (χ2v) is 7.57. The lowest BCUT2D eigenvalue weighted by Crippen LogP contribution is -2.36. The van der Waals surface area contributed by atoms with Crippen LogP contribution < -0.4 is 0 Å². The average Bonchev–Trinajstić information content (AvgIpc) is 3.14. The molecule has 27 heavy (non-hydrogen) atoms. The Bertz CT molecular complexity index is 889. The lowest BCUT2D eigenvalue weighted by Gasteiger charge is -2.32. The molecule has 0 radical (unpaired) electrons. The number of hydrogen-bond donors (Lipinski definition) is 0. The first-order valence-corrected chi connectivity index (χ1v) is 9.64. The topological polar surface area (TPSA) is 59.7 Å². The number of aromatic nitrogens is 5. The van der Waals surface area contributed by atoms with Crippen LogP contribution >= 0.6 is 0 Å². The van der Waals surface area contributed by atoms with Gasteiger partial charge in [0.05, 0.1) is 6.54 Å². The predicted molar refractivity (Wildman–Crippen MR) is 105 cm³/mol. The van der Waals surface area contributed by atoms with E-state index < -0.39 is 0 Å². The van der Waals surface area contributed by atoms with Gasteiger partial charge in [0.1, 0.15) is 0 Å². The molecule has 3 heterocycles. The molecule has 1 atom stereocenters. The molecule has 0 amide bonds. The van der Waals surface area contributed by atoms with Gasteiger partial charge in [-0.3, -0.25) is 9.88 Å². The molecule has 0 saturated carbocycles. The molecule has 1 fully saturated rings. The van der Waals surface area contributed by atoms with Crippen molar-refractivity contribution < 1.29 is 0 Å². The largest absolute Gasteiger partial charge is 0.299 e. The Balaban J connectivity index is 1.37. The number of hydrogen-bond acceptors (Lipinski definition) is 5. The number of aryl methyl sites for hydroxylation is 2. The molecule has 0 unspecified atom stereocenters. The van der Waals surface area contributed by atoms with E-state index in [2.05, 4.69) is 57.3 Å². The van der Waals surface area contributed by atoms with E-state index in [-0.39, 0.29) is 0 Å². The SMILES string of the molecule is Cc1ccc(CN2CCC[C@@H](Cn3nnc(-c4ccncc4)n3)C2)cc1C. The lowest BCUT2D eigenvalue weighted by molar-refractivity contribution is 0.149. The van der Waals surface area contributed by atoms with Crippen molar-refractivity contribution in [2.45, 2.75) is 39.8 Å². The number of tetrazole rings is 1. The normalized spacial score (nSPS) is 17.9. The fourth-order valence-electron chi connectivity index (χ4n) is 3.77. The molecule has 1 aliphatic rings. The van der Waals surface area contributed by atoms with Crippen molar-refractivity contribution in [2.24, 2.45) is 5.92 Å². The summed E-state index contributed by atoms with van der Waals surface area (Å²) in [5.41, 5.74) is 5.09. The minimum Gasteiger partial charge on any atom is -0.299 e. The Morgan fingerprint density at radius 2 is 1.93 bits per heavy atom. The first kappa shape index (κ1) is 17.8. The maximum Gasteiger partial charge on any atom is 0.205 e. The molecule has 1 saturated heterocycles. The zero-order valence-electron chi connectivity index (χ0n) is 16.0. The highest BCUT2D eigenvalue weighted by atomic mass is 15.6. The molecule has 0 spiro atoms. The first-order chi connectivity index (χ1) is 13.2. The van der Waals surface area contributed by atoms with Crippen molar-refractivity contribution in [1.82, 2.24) is 30.1 Å². The number of piperidine rings is 1. The molecule has 4 rings (SSSR count). The van der Waals surface area contributed by atoms with E-state index in [4.69, 9.17) is 0 Å². The maximum absolute atomic E-state index is 4.55. The minimum absolute atomic E-state index is 0.560. The van der Waals surface area contributed by atoms with Crippen molar-refractivity contribution in [3.05, 3.63) is 59.4 Å². The average molecular weight is 362 g/mol. The van der Waals surface area contributed by atoms with Gasteiger partial charge in [-0.15, -0.1) is 10.2 Å². The fraction of sp³-hybridized carbons (Fsp3) is 0.429. The summed E-state index contributed by atoms with van der Waals surface area (Å²) in [6.45, 7) is 8.44. The van der Waals surface area contributed by atoms with Gasteiger partial charge in [0.2, 0.25) is 5.82 Å². The van der Waals surface area contributed by atoms with Gasteiger partial charge in [0.15, 0.2) is 0 Å². The van der Waals surface area contributed by atoms with Gasteiger partial charge >= 0.3 is 0 Å². The van der Waals surface area contributed by atoms with Crippen LogP contribution in [0, 0.1) is 19.8 Å². The third-order valence-electron chi connectivity index (χ3n) is 5.39. The van der Waals surface area contributed by atoms with Crippen molar-refractivity contribution in [2.75, 3.05) is 13.1 Å². The van der Waals surface area contributed by atoms with Gasteiger partial charge in [-0.2, -0.15) is 4.80 Å². The highest BCUT2D eigenvalue weighted by molar-refractivity contribution is 5.51. The zero-order valence-corrected chi connectivity index (χ0v) is 16.0. The van der Waals surface area contributed by atoms with Crippen LogP contribution in [-0.4, -0.2) is 43.2 Å². The highest BCUT2D eigenvalue weighted by Crippen LogP contribution is 2.21. The molecule has 0 N–H and O–H groups in total. The summed E-state index contributed by atoms with van der Waals surface area (Å²) < 4.78 is 0. The van der Waals surface area contributed by atoms with E-state index in [0.29, 0.717) is 11.7 Å². The fourth-order valence-corrected chi connectivity index (χ4v) is 3.77. The quantitative estimate of drug-likeness (QED) is 0.697. The van der Waals surface area contributed by atoms with Crippen LogP contribution in [0.4, 0.5) is 0 Å². The molecule has 3 aromatic rings. The van der Waals surface area contributed by atoms with E-state index >= 15 is 0 Å². The molecular formula is C21H26N6. The molecule has 1 aromatic carbocycles. The molecule has 0 aliphatic carbocycles. The Morgan fingerprint density at radius 3 is 2.74 bits per heavy atom. The second-order valence-electron chi connectivity index (χ2n) is 7.57. The van der Waals surface area contributed by atoms with Crippen molar-refractivity contribution in [3.63, 3.8) is 0 Å². The Hall–Kier alpha value is -2.60. The molecular weight excluding hydrogens is 336 g/mol. The van der Waals surface area contributed by atoms with Crippen LogP contribution in [0.5, 0.6) is 0 Å². The van der Waals surface area contributed by atoms with Gasteiger partial charge in [-0.25, -0.2) is 0 Å². The lowest BCUT2D eigenvalue weighted by atomic mass is 9.97. The molecule has 2 aromatic heterocycles. The van der Waals surface area contributed by atoms with E-state index in [0.717, 1.165) is 31.7 Å². The predicted octanol–water partition coefficient (Wildman–Crippen LogP) is 3.26. The Labute approximate surface area is 160 Å². The van der Waals surface area contributed by atoms with Crippen LogP contribution in [0.1, 0.15) is 29.5 Å². The van der Waals surface area contributed by atoms with E-state index in [1.165, 1.54) is 29.5 Å². The minimum atomic E-state index is 0.560. The third kappa shape index (κ3) is 4.39. The van der Waals surface area contributed by atoms with Crippen LogP contribution in [0.15, 0.2) is 42.7 Å². The number of rotatable bonds is 5. The summed E-state index contributed by atoms with van der Waals surface area (Å²) >= 11 is 0. The van der Waals surface area contributed by atoms with Crippen molar-refractivity contribution >= 4 is 0 Å². The van der Waals surface area contributed by atoms with Crippen LogP contribution in [-0.2, 0) is 13.1 Å². The summed E-state index contributed by atoms with van der Waals surface area (Å²) in [7, 11) is 0. The van der Waals surface area contributed by atoms with Gasteiger partial charge in [-0.1, -0.05) is 18.2 Å². The van der Waals surface area contributed by atoms with Gasteiger partial charge in [0.25, 0.3) is 0 Å². The summed E-state index contributed by atoms with van der Waals surface area (Å²) in [5.74, 6) is 1.23. The summed E-state index contributed by atoms with van der Waals surface area (Å²) in [4.78, 5) is 8.34. The zero-order chi connectivity index (χ0) is 18.6. The maximum atomic E-state index is 4.55. The number of likely N-dealkylation sites (tertiary alicyclic amines) is 1. The third-order valence-corrected chi connectivity index (χ3v) is 5.39. The van der Waals surface area contributed by atoms with Gasteiger partial charge < -0.3 is 0 Å². The second kappa shape index (κ2) is 7.96. The standard InChI is InChI=1S/C21H26N6/c1-16-5-6-18(12-17(16)2)13-26-11-3-4-19(14-26)15-27-24-21(23-25-27)20-7-9-22-10-8-20/h5-10,12,19H,3-4,11,13-15H2,1-2H3/t19-/m1/s1. The molecule has 140 valence electrons. The van der Waals surface area contributed by atoms with Crippen LogP contribution in [0.2, 0.25) is 0 Å². The van der Waals surface area contributed by atoms with Gasteiger partial charge in [0, 0.05) is 31.0 Å². The molecule has 1 aliphatic heterocycles. The van der Waals surface area contributed by atoms with Gasteiger partial charge in [-0.05, 0) is 73.2 Å². The number of nitrogens with zero attached hydrogens (tertiary/aromatic N) is 6. The summed E-state index contributed by atoms with van der Waals surface area (Å²) in [5, 5.41) is 13.0. The van der Waals surface area contributed by atoms with E-state index in [1.807, 2.05) is 12.1 Å². The highest BCUT2D eigenvalue weighted by Gasteiger charge is 2.21.